The predicted octanol–water partition coefficient (Wildman–Crippen LogP) is 3.76. The molecule has 142 valence electrons. The van der Waals surface area contributed by atoms with Gasteiger partial charge in [0.15, 0.2) is 0 Å². The van der Waals surface area contributed by atoms with Crippen molar-refractivity contribution in [1.82, 2.24) is 9.78 Å². The molecule has 0 aliphatic heterocycles. The van der Waals surface area contributed by atoms with Crippen LogP contribution in [-0.4, -0.2) is 20.6 Å². The van der Waals surface area contributed by atoms with Crippen molar-refractivity contribution in [2.24, 2.45) is 0 Å². The molecule has 3 aromatic rings. The molecule has 2 aromatic carbocycles. The number of nitro benzene ring substituents is 1. The molecule has 0 unspecified atom stereocenters. The van der Waals surface area contributed by atoms with Gasteiger partial charge in [-0.05, 0) is 36.4 Å². The minimum Gasteiger partial charge on any atom is -0.324 e. The number of halogens is 2. The number of amides is 1. The van der Waals surface area contributed by atoms with E-state index in [-0.39, 0.29) is 17.3 Å². The fraction of sp³-hybridized carbons (Fsp3) is 0.0556. The zero-order valence-electron chi connectivity index (χ0n) is 14.1. The fourth-order valence-corrected chi connectivity index (χ4v) is 2.68. The summed E-state index contributed by atoms with van der Waals surface area (Å²) >= 11 is 11.7. The van der Waals surface area contributed by atoms with Crippen LogP contribution in [0.1, 0.15) is 0 Å². The number of carbonyl (C=O) groups excluding carboxylic acids is 1. The maximum atomic E-state index is 12.2. The topological polar surface area (TPSA) is 107 Å². The van der Waals surface area contributed by atoms with Crippen molar-refractivity contribution in [2.45, 2.75) is 6.54 Å². The summed E-state index contributed by atoms with van der Waals surface area (Å²) in [4.78, 5) is 34.5. The molecule has 0 bridgehead atoms. The van der Waals surface area contributed by atoms with E-state index in [9.17, 15) is 19.7 Å². The van der Waals surface area contributed by atoms with Crippen molar-refractivity contribution >= 4 is 40.5 Å². The molecule has 1 heterocycles. The molecule has 0 saturated carbocycles. The molecule has 1 amide bonds. The van der Waals surface area contributed by atoms with Gasteiger partial charge in [-0.15, -0.1) is 0 Å². The summed E-state index contributed by atoms with van der Waals surface area (Å²) in [6, 6.07) is 13.1. The Kier molecular flexibility index (Phi) is 5.72. The smallest absolute Gasteiger partial charge is 0.269 e. The van der Waals surface area contributed by atoms with E-state index in [2.05, 4.69) is 10.4 Å². The quantitative estimate of drug-likeness (QED) is 0.501. The highest BCUT2D eigenvalue weighted by molar-refractivity contribution is 6.42. The highest BCUT2D eigenvalue weighted by atomic mass is 35.5. The lowest BCUT2D eigenvalue weighted by molar-refractivity contribution is -0.384. The van der Waals surface area contributed by atoms with Crippen LogP contribution in [0.5, 0.6) is 0 Å². The van der Waals surface area contributed by atoms with E-state index in [1.807, 2.05) is 0 Å². The molecular formula is C18H12Cl2N4O4. The zero-order chi connectivity index (χ0) is 20.3. The minimum atomic E-state index is -0.508. The van der Waals surface area contributed by atoms with Gasteiger partial charge in [0, 0.05) is 29.4 Å². The van der Waals surface area contributed by atoms with Crippen LogP contribution in [0.3, 0.4) is 0 Å². The number of carbonyl (C=O) groups is 1. The molecule has 0 atom stereocenters. The van der Waals surface area contributed by atoms with Crippen LogP contribution in [0.2, 0.25) is 10.0 Å². The fourth-order valence-electron chi connectivity index (χ4n) is 2.38. The number of nitrogens with zero attached hydrogens (tertiary/aromatic N) is 3. The van der Waals surface area contributed by atoms with Gasteiger partial charge in [-0.1, -0.05) is 23.2 Å². The number of hydrogen-bond donors (Lipinski definition) is 1. The van der Waals surface area contributed by atoms with E-state index in [4.69, 9.17) is 23.2 Å². The molecule has 8 nitrogen and oxygen atoms in total. The number of hydrogen-bond acceptors (Lipinski definition) is 5. The van der Waals surface area contributed by atoms with E-state index in [0.29, 0.717) is 22.0 Å². The molecule has 0 aliphatic carbocycles. The van der Waals surface area contributed by atoms with Gasteiger partial charge in [-0.25, -0.2) is 4.68 Å². The molecule has 28 heavy (non-hydrogen) atoms. The molecule has 0 radical (unpaired) electrons. The minimum absolute atomic E-state index is 0.0573. The van der Waals surface area contributed by atoms with E-state index >= 15 is 0 Å². The van der Waals surface area contributed by atoms with Crippen LogP contribution in [-0.2, 0) is 11.3 Å². The molecule has 1 aromatic heterocycles. The van der Waals surface area contributed by atoms with Gasteiger partial charge >= 0.3 is 0 Å². The second kappa shape index (κ2) is 8.20. The van der Waals surface area contributed by atoms with Crippen molar-refractivity contribution in [3.63, 3.8) is 0 Å². The number of benzene rings is 2. The van der Waals surface area contributed by atoms with Crippen LogP contribution in [0.25, 0.3) is 11.3 Å². The van der Waals surface area contributed by atoms with E-state index in [1.54, 1.807) is 12.1 Å². The first-order valence-electron chi connectivity index (χ1n) is 7.91. The lowest BCUT2D eigenvalue weighted by Gasteiger charge is -2.09. The molecule has 0 fully saturated rings. The summed E-state index contributed by atoms with van der Waals surface area (Å²) in [5.74, 6) is -0.478. The Morgan fingerprint density at radius 3 is 2.43 bits per heavy atom. The first-order valence-corrected chi connectivity index (χ1v) is 8.67. The van der Waals surface area contributed by atoms with Gasteiger partial charge in [0.05, 0.1) is 20.7 Å². The van der Waals surface area contributed by atoms with Crippen molar-refractivity contribution in [2.75, 3.05) is 5.32 Å². The molecular weight excluding hydrogens is 407 g/mol. The van der Waals surface area contributed by atoms with Crippen molar-refractivity contribution in [1.29, 1.82) is 0 Å². The van der Waals surface area contributed by atoms with Crippen LogP contribution in [0, 0.1) is 10.1 Å². The van der Waals surface area contributed by atoms with Gasteiger partial charge in [0.2, 0.25) is 5.91 Å². The standard InChI is InChI=1S/C18H12Cl2N4O4/c19-14-6-3-12(9-15(14)20)21-17(25)10-23-18(26)8-7-16(22-23)11-1-4-13(5-2-11)24(27)28/h1-9H,10H2,(H,21,25). The summed E-state index contributed by atoms with van der Waals surface area (Å²) in [5, 5.41) is 18.1. The molecule has 1 N–H and O–H groups in total. The normalized spacial score (nSPS) is 10.5. The zero-order valence-corrected chi connectivity index (χ0v) is 15.6. The Balaban J connectivity index is 1.79. The molecule has 0 aliphatic rings. The van der Waals surface area contributed by atoms with E-state index < -0.39 is 16.4 Å². The second-order valence-corrected chi connectivity index (χ2v) is 6.51. The third-order valence-corrected chi connectivity index (χ3v) is 4.48. The first kappa shape index (κ1) is 19.5. The average Bonchev–Trinajstić information content (AvgIpc) is 2.66. The van der Waals surface area contributed by atoms with Crippen LogP contribution < -0.4 is 10.9 Å². The maximum Gasteiger partial charge on any atom is 0.269 e. The summed E-state index contributed by atoms with van der Waals surface area (Å²) in [5.41, 5.74) is 0.882. The molecule has 0 spiro atoms. The number of aromatic nitrogens is 2. The number of nitro groups is 1. The Morgan fingerprint density at radius 1 is 1.07 bits per heavy atom. The maximum absolute atomic E-state index is 12.2. The summed E-state index contributed by atoms with van der Waals surface area (Å²) < 4.78 is 1.00. The average molecular weight is 419 g/mol. The molecule has 0 saturated heterocycles. The number of anilines is 1. The Bertz CT molecular complexity index is 1110. The Labute approximate surface area is 168 Å². The summed E-state index contributed by atoms with van der Waals surface area (Å²) in [6.07, 6.45) is 0. The van der Waals surface area contributed by atoms with Crippen LogP contribution in [0.15, 0.2) is 59.4 Å². The predicted molar refractivity (Wildman–Crippen MR) is 106 cm³/mol. The summed E-state index contributed by atoms with van der Waals surface area (Å²) in [6.45, 7) is -0.320. The van der Waals surface area contributed by atoms with Crippen molar-refractivity contribution in [3.8, 4) is 11.3 Å². The lowest BCUT2D eigenvalue weighted by atomic mass is 10.1. The Hall–Kier alpha value is -3.23. The molecule has 10 heteroatoms. The monoisotopic (exact) mass is 418 g/mol. The number of rotatable bonds is 5. The van der Waals surface area contributed by atoms with Crippen LogP contribution >= 0.6 is 23.2 Å². The lowest BCUT2D eigenvalue weighted by Crippen LogP contribution is -2.29. The van der Waals surface area contributed by atoms with E-state index in [1.165, 1.54) is 42.5 Å². The summed E-state index contributed by atoms with van der Waals surface area (Å²) in [7, 11) is 0. The highest BCUT2D eigenvalue weighted by Gasteiger charge is 2.11. The second-order valence-electron chi connectivity index (χ2n) is 5.70. The van der Waals surface area contributed by atoms with Gasteiger partial charge in [0.25, 0.3) is 11.2 Å². The van der Waals surface area contributed by atoms with Gasteiger partial charge < -0.3 is 5.32 Å². The Morgan fingerprint density at radius 2 is 1.79 bits per heavy atom. The van der Waals surface area contributed by atoms with E-state index in [0.717, 1.165) is 4.68 Å². The van der Waals surface area contributed by atoms with Crippen LogP contribution in [0.4, 0.5) is 11.4 Å². The van der Waals surface area contributed by atoms with Gasteiger partial charge in [0.1, 0.15) is 6.54 Å². The number of nitrogens with one attached hydrogen (secondary N) is 1. The SMILES string of the molecule is O=C(Cn1nc(-c2ccc([N+](=O)[O-])cc2)ccc1=O)Nc1ccc(Cl)c(Cl)c1. The van der Waals surface area contributed by atoms with Gasteiger partial charge in [-0.3, -0.25) is 19.7 Å². The third kappa shape index (κ3) is 4.54. The first-order chi connectivity index (χ1) is 13.3. The molecule has 3 rings (SSSR count). The van der Waals surface area contributed by atoms with Crippen molar-refractivity contribution in [3.05, 3.63) is 85.1 Å². The van der Waals surface area contributed by atoms with Gasteiger partial charge in [-0.2, -0.15) is 5.10 Å². The largest absolute Gasteiger partial charge is 0.324 e. The third-order valence-electron chi connectivity index (χ3n) is 3.74. The number of non-ortho nitro benzene ring substituents is 1. The highest BCUT2D eigenvalue weighted by Crippen LogP contribution is 2.25. The van der Waals surface area contributed by atoms with Crippen molar-refractivity contribution < 1.29 is 9.72 Å².